The van der Waals surface area contributed by atoms with Crippen LogP contribution in [0.25, 0.3) is 0 Å². The van der Waals surface area contributed by atoms with Crippen molar-refractivity contribution in [3.05, 3.63) is 182 Å². The van der Waals surface area contributed by atoms with Crippen molar-refractivity contribution in [3.63, 3.8) is 0 Å². The van der Waals surface area contributed by atoms with E-state index < -0.39 is 6.10 Å². The van der Waals surface area contributed by atoms with Crippen LogP contribution in [-0.4, -0.2) is 36.4 Å². The molecule has 0 radical (unpaired) electrons. The van der Waals surface area contributed by atoms with Crippen molar-refractivity contribution in [2.45, 2.75) is 302 Å². The summed E-state index contributed by atoms with van der Waals surface area (Å²) in [6.07, 6.45) is 116. The number of allylic oxidation sites excluding steroid dienone is 30. The topological polar surface area (TPSA) is 72.8 Å². The van der Waals surface area contributed by atoms with Crippen LogP contribution in [0.4, 0.5) is 0 Å². The van der Waals surface area contributed by atoms with Gasteiger partial charge in [0, 0.05) is 12.8 Å². The van der Waals surface area contributed by atoms with E-state index in [1.165, 1.54) is 128 Å². The Labute approximate surface area is 531 Å². The maximum atomic E-state index is 12.4. The molecular formula is C81H130O5. The second-order valence-corrected chi connectivity index (χ2v) is 22.8. The highest BCUT2D eigenvalue weighted by Gasteiger charge is 2.16. The van der Waals surface area contributed by atoms with Gasteiger partial charge >= 0.3 is 11.9 Å². The second kappa shape index (κ2) is 74.3. The molecule has 0 spiro atoms. The Bertz CT molecular complexity index is 1920. The third-order valence-corrected chi connectivity index (χ3v) is 14.7. The Kier molecular flexibility index (Phi) is 69.9. The van der Waals surface area contributed by atoms with Crippen molar-refractivity contribution in [2.24, 2.45) is 0 Å². The van der Waals surface area contributed by atoms with Gasteiger partial charge in [0.1, 0.15) is 6.61 Å². The molecule has 0 aliphatic heterocycles. The largest absolute Gasteiger partial charge is 0.462 e. The van der Waals surface area contributed by atoms with Crippen LogP contribution in [0.2, 0.25) is 0 Å². The van der Waals surface area contributed by atoms with Gasteiger partial charge in [0.05, 0.1) is 6.61 Å². The van der Waals surface area contributed by atoms with Crippen LogP contribution < -0.4 is 0 Å². The molecule has 1 atom stereocenters. The van der Waals surface area contributed by atoms with E-state index in [0.29, 0.717) is 12.8 Å². The standard InChI is InChI=1S/C81H130O5/c1-3-5-7-9-11-13-15-17-19-21-23-25-27-29-31-33-35-37-39-40-42-44-46-48-50-52-54-56-58-60-62-64-66-68-70-72-74-76-81(84)86-79(77-82)78-85-80(83)75-73-71-69-67-65-63-61-59-57-55-53-51-49-47-45-43-41-38-36-34-32-30-28-26-24-22-20-18-16-14-12-10-8-6-4-2/h5-8,11-14,17-20,23-26,29,31,35,37,40,42,46,48,52,54,58,60,64,66,79,82H,3-4,9-10,15-16,21-22,27-28,30,32-34,36,38-39,41,43-45,47,49-51,53,55-57,59,61-63,65,67-78H2,1-2H3/b7-5-,8-6-,13-11-,14-12-,19-17-,20-18-,25-23-,26-24-,31-29-,37-35-,42-40-,48-46-,54-52-,60-58-,66-64-. The summed E-state index contributed by atoms with van der Waals surface area (Å²) in [6.45, 7) is 3.90. The summed E-state index contributed by atoms with van der Waals surface area (Å²) in [7, 11) is 0. The van der Waals surface area contributed by atoms with E-state index in [1.807, 2.05) is 0 Å². The average molecular weight is 1180 g/mol. The zero-order valence-electron chi connectivity index (χ0n) is 55.5. The highest BCUT2D eigenvalue weighted by atomic mass is 16.6. The molecule has 0 heterocycles. The molecule has 0 fully saturated rings. The number of hydrogen-bond acceptors (Lipinski definition) is 5. The first-order chi connectivity index (χ1) is 42.6. The maximum Gasteiger partial charge on any atom is 0.306 e. The van der Waals surface area contributed by atoms with E-state index in [0.717, 1.165) is 141 Å². The highest BCUT2D eigenvalue weighted by Crippen LogP contribution is 2.17. The van der Waals surface area contributed by atoms with E-state index in [4.69, 9.17) is 9.47 Å². The molecule has 0 aliphatic carbocycles. The van der Waals surface area contributed by atoms with Crippen LogP contribution in [0.3, 0.4) is 0 Å². The van der Waals surface area contributed by atoms with Crippen molar-refractivity contribution in [1.29, 1.82) is 0 Å². The lowest BCUT2D eigenvalue weighted by Crippen LogP contribution is -2.28. The van der Waals surface area contributed by atoms with Gasteiger partial charge in [0.15, 0.2) is 6.10 Å². The Hall–Kier alpha value is -5.00. The molecule has 0 saturated heterocycles. The fraction of sp³-hybridized carbons (Fsp3) is 0.605. The number of carbonyl (C=O) groups excluding carboxylic acids is 2. The van der Waals surface area contributed by atoms with Crippen LogP contribution in [0.1, 0.15) is 296 Å². The number of unbranched alkanes of at least 4 members (excludes halogenated alkanes) is 25. The van der Waals surface area contributed by atoms with Crippen LogP contribution in [0.5, 0.6) is 0 Å². The molecule has 0 aromatic rings. The molecule has 5 nitrogen and oxygen atoms in total. The number of aliphatic hydroxyl groups excluding tert-OH is 1. The number of hydrogen-bond donors (Lipinski definition) is 1. The Morgan fingerprint density at radius 1 is 0.267 bits per heavy atom. The van der Waals surface area contributed by atoms with E-state index in [1.54, 1.807) is 0 Å². The molecule has 1 unspecified atom stereocenters. The molecule has 0 rings (SSSR count). The highest BCUT2D eigenvalue weighted by molar-refractivity contribution is 5.70. The maximum absolute atomic E-state index is 12.4. The molecule has 0 aromatic carbocycles. The lowest BCUT2D eigenvalue weighted by Gasteiger charge is -2.15. The summed E-state index contributed by atoms with van der Waals surface area (Å²) in [6, 6.07) is 0. The molecule has 0 bridgehead atoms. The number of carbonyl (C=O) groups is 2. The molecule has 0 aromatic heterocycles. The third-order valence-electron chi connectivity index (χ3n) is 14.7. The van der Waals surface area contributed by atoms with Gasteiger partial charge < -0.3 is 14.6 Å². The number of rotatable bonds is 63. The predicted octanol–water partition coefficient (Wildman–Crippen LogP) is 25.0. The molecule has 0 saturated carbocycles. The summed E-state index contributed by atoms with van der Waals surface area (Å²) < 4.78 is 10.7. The minimum Gasteiger partial charge on any atom is -0.462 e. The van der Waals surface area contributed by atoms with Crippen LogP contribution in [-0.2, 0) is 19.1 Å². The number of aliphatic hydroxyl groups is 1. The van der Waals surface area contributed by atoms with Gasteiger partial charge in [0.25, 0.3) is 0 Å². The first kappa shape index (κ1) is 81.0. The van der Waals surface area contributed by atoms with Crippen molar-refractivity contribution in [2.75, 3.05) is 13.2 Å². The average Bonchev–Trinajstić information content (AvgIpc) is 3.53. The van der Waals surface area contributed by atoms with Gasteiger partial charge in [-0.25, -0.2) is 0 Å². The quantitative estimate of drug-likeness (QED) is 0.0373. The number of ether oxygens (including phenoxy) is 2. The summed E-state index contributed by atoms with van der Waals surface area (Å²) in [4.78, 5) is 24.7. The smallest absolute Gasteiger partial charge is 0.306 e. The molecule has 484 valence electrons. The molecule has 1 N–H and O–H groups in total. The van der Waals surface area contributed by atoms with Crippen molar-refractivity contribution in [1.82, 2.24) is 0 Å². The predicted molar refractivity (Wildman–Crippen MR) is 380 cm³/mol. The molecule has 0 amide bonds. The van der Waals surface area contributed by atoms with Crippen LogP contribution in [0.15, 0.2) is 182 Å². The second-order valence-electron chi connectivity index (χ2n) is 22.8. The van der Waals surface area contributed by atoms with Crippen molar-refractivity contribution in [3.8, 4) is 0 Å². The fourth-order valence-electron chi connectivity index (χ4n) is 9.49. The molecule has 5 heteroatoms. The lowest BCUT2D eigenvalue weighted by atomic mass is 10.0. The molecule has 0 aliphatic rings. The van der Waals surface area contributed by atoms with Crippen molar-refractivity contribution < 1.29 is 24.2 Å². The van der Waals surface area contributed by atoms with E-state index in [2.05, 4.69) is 196 Å². The lowest BCUT2D eigenvalue weighted by molar-refractivity contribution is -0.161. The van der Waals surface area contributed by atoms with Gasteiger partial charge in [-0.2, -0.15) is 0 Å². The van der Waals surface area contributed by atoms with Gasteiger partial charge in [0.2, 0.25) is 0 Å². The summed E-state index contributed by atoms with van der Waals surface area (Å²) in [5, 5.41) is 9.70. The summed E-state index contributed by atoms with van der Waals surface area (Å²) in [5.41, 5.74) is 0. The first-order valence-corrected chi connectivity index (χ1v) is 35.3. The monoisotopic (exact) mass is 1180 g/mol. The minimum absolute atomic E-state index is 0.0877. The third kappa shape index (κ3) is 71.5. The Balaban J connectivity index is 3.58. The zero-order chi connectivity index (χ0) is 61.9. The SMILES string of the molecule is CC/C=C\C/C=C\C/C=C\C/C=C\C/C=C\C/C=C\C/C=C\C/C=C\C/C=C\C/C=C\C/C=C\CCCCCC(=O)OC(CO)COC(=O)CCCCCCCCCCCCCCCCCCCCCCCC/C=C\C/C=C\C/C=C\C/C=C\CC. The van der Waals surface area contributed by atoms with Crippen molar-refractivity contribution >= 4 is 11.9 Å². The van der Waals surface area contributed by atoms with E-state index >= 15 is 0 Å². The molecular weight excluding hydrogens is 1050 g/mol. The zero-order valence-corrected chi connectivity index (χ0v) is 55.5. The van der Waals surface area contributed by atoms with Gasteiger partial charge in [-0.05, 0) is 135 Å². The van der Waals surface area contributed by atoms with Crippen LogP contribution in [0, 0.1) is 0 Å². The fourth-order valence-corrected chi connectivity index (χ4v) is 9.49. The van der Waals surface area contributed by atoms with E-state index in [-0.39, 0.29) is 25.2 Å². The van der Waals surface area contributed by atoms with Gasteiger partial charge in [-0.1, -0.05) is 331 Å². The Morgan fingerprint density at radius 3 is 0.709 bits per heavy atom. The van der Waals surface area contributed by atoms with Gasteiger partial charge in [-0.3, -0.25) is 9.59 Å². The normalized spacial score (nSPS) is 13.4. The van der Waals surface area contributed by atoms with E-state index in [9.17, 15) is 14.7 Å². The number of esters is 2. The first-order valence-electron chi connectivity index (χ1n) is 35.3. The van der Waals surface area contributed by atoms with Gasteiger partial charge in [-0.15, -0.1) is 0 Å². The Morgan fingerprint density at radius 2 is 0.465 bits per heavy atom. The summed E-state index contributed by atoms with van der Waals surface area (Å²) >= 11 is 0. The summed E-state index contributed by atoms with van der Waals surface area (Å²) in [5.74, 6) is -0.632. The minimum atomic E-state index is -0.803. The van der Waals surface area contributed by atoms with Crippen LogP contribution >= 0.6 is 0 Å². The molecule has 86 heavy (non-hydrogen) atoms.